The lowest BCUT2D eigenvalue weighted by atomic mass is 10.1. The highest BCUT2D eigenvalue weighted by atomic mass is 16.1. The first kappa shape index (κ1) is 10.5. The molecule has 0 radical (unpaired) electrons. The number of aromatic nitrogens is 3. The third-order valence-electron chi connectivity index (χ3n) is 2.63. The van der Waals surface area contributed by atoms with Crippen LogP contribution in [0.3, 0.4) is 0 Å². The Hall–Kier alpha value is -1.97. The molecule has 2 rings (SSSR count). The third kappa shape index (κ3) is 1.74. The van der Waals surface area contributed by atoms with Gasteiger partial charge in [-0.1, -0.05) is 0 Å². The van der Waals surface area contributed by atoms with E-state index in [4.69, 9.17) is 0 Å². The Morgan fingerprint density at radius 3 is 2.69 bits per heavy atom. The molecule has 0 spiro atoms. The molecule has 0 saturated heterocycles. The topological polar surface area (TPSA) is 58.6 Å². The average Bonchev–Trinajstić information content (AvgIpc) is 2.25. The number of hydrogen-bond donors (Lipinski definition) is 1. The second-order valence-corrected chi connectivity index (χ2v) is 3.82. The van der Waals surface area contributed by atoms with E-state index in [0.29, 0.717) is 5.69 Å². The maximum absolute atomic E-state index is 11.8. The van der Waals surface area contributed by atoms with Gasteiger partial charge in [0.25, 0.3) is 5.56 Å². The average molecular weight is 215 g/mol. The standard InChI is InChI=1S/C12H13N3O/c1-7-4-5-13-6-10(7)11-12(16)15-9(3)8(2)14-11/h4-6H,1-3H3,(H,15,16). The number of nitrogens with one attached hydrogen (secondary N) is 1. The number of aryl methyl sites for hydroxylation is 3. The second-order valence-electron chi connectivity index (χ2n) is 3.82. The van der Waals surface area contributed by atoms with Gasteiger partial charge in [-0.2, -0.15) is 0 Å². The molecule has 0 amide bonds. The molecule has 4 heteroatoms. The summed E-state index contributed by atoms with van der Waals surface area (Å²) in [6, 6.07) is 1.87. The van der Waals surface area contributed by atoms with Crippen LogP contribution < -0.4 is 5.56 Å². The lowest BCUT2D eigenvalue weighted by molar-refractivity contribution is 1.01. The van der Waals surface area contributed by atoms with Gasteiger partial charge >= 0.3 is 0 Å². The molecule has 2 aromatic heterocycles. The molecule has 0 bridgehead atoms. The number of rotatable bonds is 1. The first-order valence-corrected chi connectivity index (χ1v) is 5.08. The van der Waals surface area contributed by atoms with Crippen molar-refractivity contribution in [2.24, 2.45) is 0 Å². The SMILES string of the molecule is Cc1ccncc1-c1nc(C)c(C)[nH]c1=O. The van der Waals surface area contributed by atoms with Gasteiger partial charge in [0.1, 0.15) is 5.69 Å². The van der Waals surface area contributed by atoms with Crippen LogP contribution in [0.1, 0.15) is 17.0 Å². The summed E-state index contributed by atoms with van der Waals surface area (Å²) in [6.07, 6.45) is 3.37. The van der Waals surface area contributed by atoms with Gasteiger partial charge in [-0.05, 0) is 32.4 Å². The van der Waals surface area contributed by atoms with Crippen molar-refractivity contribution < 1.29 is 0 Å². The summed E-state index contributed by atoms with van der Waals surface area (Å²) in [5.74, 6) is 0. The van der Waals surface area contributed by atoms with Gasteiger partial charge in [0.05, 0.1) is 5.69 Å². The molecular formula is C12H13N3O. The molecule has 0 atom stereocenters. The fourth-order valence-electron chi connectivity index (χ4n) is 1.52. The van der Waals surface area contributed by atoms with Crippen LogP contribution in [-0.4, -0.2) is 15.0 Å². The van der Waals surface area contributed by atoms with E-state index in [1.165, 1.54) is 0 Å². The highest BCUT2D eigenvalue weighted by Crippen LogP contribution is 2.16. The van der Waals surface area contributed by atoms with Crippen LogP contribution in [-0.2, 0) is 0 Å². The first-order valence-electron chi connectivity index (χ1n) is 5.08. The molecule has 0 fully saturated rings. The predicted octanol–water partition coefficient (Wildman–Crippen LogP) is 1.76. The summed E-state index contributed by atoms with van der Waals surface area (Å²) >= 11 is 0. The zero-order valence-electron chi connectivity index (χ0n) is 9.53. The number of H-pyrrole nitrogens is 1. The minimum Gasteiger partial charge on any atom is -0.323 e. The van der Waals surface area contributed by atoms with Gasteiger partial charge < -0.3 is 4.98 Å². The van der Waals surface area contributed by atoms with Crippen LogP contribution >= 0.6 is 0 Å². The van der Waals surface area contributed by atoms with E-state index < -0.39 is 0 Å². The van der Waals surface area contributed by atoms with Crippen molar-refractivity contribution in [1.82, 2.24) is 15.0 Å². The Labute approximate surface area is 93.4 Å². The van der Waals surface area contributed by atoms with Gasteiger partial charge in [-0.25, -0.2) is 4.98 Å². The second kappa shape index (κ2) is 3.89. The summed E-state index contributed by atoms with van der Waals surface area (Å²) in [5, 5.41) is 0. The zero-order valence-corrected chi connectivity index (χ0v) is 9.53. The Kier molecular flexibility index (Phi) is 2.56. The summed E-state index contributed by atoms with van der Waals surface area (Å²) in [5.41, 5.74) is 3.68. The third-order valence-corrected chi connectivity index (χ3v) is 2.63. The van der Waals surface area contributed by atoms with Crippen LogP contribution in [0.15, 0.2) is 23.3 Å². The van der Waals surface area contributed by atoms with Crippen LogP contribution in [0.25, 0.3) is 11.3 Å². The van der Waals surface area contributed by atoms with Gasteiger partial charge in [0.2, 0.25) is 0 Å². The van der Waals surface area contributed by atoms with Gasteiger partial charge in [0.15, 0.2) is 0 Å². The van der Waals surface area contributed by atoms with Crippen molar-refractivity contribution in [1.29, 1.82) is 0 Å². The first-order chi connectivity index (χ1) is 7.59. The maximum atomic E-state index is 11.8. The molecule has 4 nitrogen and oxygen atoms in total. The van der Waals surface area contributed by atoms with Crippen molar-refractivity contribution in [3.05, 3.63) is 45.8 Å². The fourth-order valence-corrected chi connectivity index (χ4v) is 1.52. The lowest BCUT2D eigenvalue weighted by Gasteiger charge is -2.05. The number of aromatic amines is 1. The van der Waals surface area contributed by atoms with Crippen molar-refractivity contribution in [2.45, 2.75) is 20.8 Å². The Balaban J connectivity index is 2.70. The van der Waals surface area contributed by atoms with E-state index in [1.807, 2.05) is 26.8 Å². The number of hydrogen-bond acceptors (Lipinski definition) is 3. The molecule has 0 aliphatic heterocycles. The number of pyridine rings is 1. The molecule has 16 heavy (non-hydrogen) atoms. The summed E-state index contributed by atoms with van der Waals surface area (Å²) in [7, 11) is 0. The van der Waals surface area contributed by atoms with Crippen LogP contribution in [0.2, 0.25) is 0 Å². The monoisotopic (exact) mass is 215 g/mol. The van der Waals surface area contributed by atoms with Crippen molar-refractivity contribution in [3.8, 4) is 11.3 Å². The summed E-state index contributed by atoms with van der Waals surface area (Å²) in [4.78, 5) is 22.9. The molecule has 0 unspecified atom stereocenters. The Morgan fingerprint density at radius 1 is 1.25 bits per heavy atom. The largest absolute Gasteiger partial charge is 0.323 e. The molecule has 0 aliphatic carbocycles. The molecule has 1 N–H and O–H groups in total. The Bertz CT molecular complexity index is 587. The van der Waals surface area contributed by atoms with Crippen molar-refractivity contribution >= 4 is 0 Å². The Morgan fingerprint density at radius 2 is 2.00 bits per heavy atom. The van der Waals surface area contributed by atoms with Gasteiger partial charge in [-0.15, -0.1) is 0 Å². The van der Waals surface area contributed by atoms with E-state index in [9.17, 15) is 4.79 Å². The van der Waals surface area contributed by atoms with Crippen molar-refractivity contribution in [3.63, 3.8) is 0 Å². The quantitative estimate of drug-likeness (QED) is 0.788. The molecular weight excluding hydrogens is 202 g/mol. The molecule has 0 saturated carbocycles. The highest BCUT2D eigenvalue weighted by Gasteiger charge is 2.09. The molecule has 82 valence electrons. The van der Waals surface area contributed by atoms with E-state index in [1.54, 1.807) is 12.4 Å². The van der Waals surface area contributed by atoms with E-state index >= 15 is 0 Å². The van der Waals surface area contributed by atoms with Crippen molar-refractivity contribution in [2.75, 3.05) is 0 Å². The maximum Gasteiger partial charge on any atom is 0.274 e. The smallest absolute Gasteiger partial charge is 0.274 e. The molecule has 2 aromatic rings. The normalized spacial score (nSPS) is 10.4. The summed E-state index contributed by atoms with van der Waals surface area (Å²) < 4.78 is 0. The lowest BCUT2D eigenvalue weighted by Crippen LogP contribution is -2.15. The van der Waals surface area contributed by atoms with Crippen LogP contribution in [0.4, 0.5) is 0 Å². The minimum atomic E-state index is -0.167. The van der Waals surface area contributed by atoms with E-state index in [-0.39, 0.29) is 5.56 Å². The van der Waals surface area contributed by atoms with Gasteiger partial charge in [-0.3, -0.25) is 9.78 Å². The van der Waals surface area contributed by atoms with Gasteiger partial charge in [0, 0.05) is 23.7 Å². The fraction of sp³-hybridized carbons (Fsp3) is 0.250. The zero-order chi connectivity index (χ0) is 11.7. The van der Waals surface area contributed by atoms with Crippen LogP contribution in [0.5, 0.6) is 0 Å². The number of nitrogens with zero attached hydrogens (tertiary/aromatic N) is 2. The highest BCUT2D eigenvalue weighted by molar-refractivity contribution is 5.61. The minimum absolute atomic E-state index is 0.167. The molecule has 2 heterocycles. The van der Waals surface area contributed by atoms with E-state index in [0.717, 1.165) is 22.5 Å². The molecule has 0 aromatic carbocycles. The van der Waals surface area contributed by atoms with E-state index in [2.05, 4.69) is 15.0 Å². The summed E-state index contributed by atoms with van der Waals surface area (Å²) in [6.45, 7) is 5.65. The molecule has 0 aliphatic rings. The van der Waals surface area contributed by atoms with Crippen LogP contribution in [0, 0.1) is 20.8 Å². The predicted molar refractivity (Wildman–Crippen MR) is 62.3 cm³/mol.